The number of phenolic OH excluding ortho intramolecular Hbond substituents is 1. The summed E-state index contributed by atoms with van der Waals surface area (Å²) in [5.74, 6) is -9.60. The molecule has 32 heteroatoms. The topological polar surface area (TPSA) is 443 Å². The van der Waals surface area contributed by atoms with Gasteiger partial charge in [0.2, 0.25) is 53.2 Å². The number of nitrogens with two attached hydrogens (primary N) is 2. The molecule has 0 saturated carbocycles. The molecule has 18 N–H and O–H groups in total. The van der Waals surface area contributed by atoms with Gasteiger partial charge in [-0.1, -0.05) is 36.4 Å². The maximum Gasteiger partial charge on any atom is 0.305 e. The summed E-state index contributed by atoms with van der Waals surface area (Å²) in [6, 6.07) is 9.45. The Morgan fingerprint density at radius 1 is 0.640 bits per heavy atom. The number of aliphatic hydroxyl groups is 1. The lowest BCUT2D eigenvalue weighted by Gasteiger charge is -2.35. The molecule has 9 rings (SSSR count). The van der Waals surface area contributed by atoms with Crippen LogP contribution in [0.1, 0.15) is 78.5 Å². The Morgan fingerprint density at radius 3 is 1.86 bits per heavy atom. The number of carboxylic acid groups (broad SMARTS) is 1. The zero-order valence-corrected chi connectivity index (χ0v) is 56.0. The van der Waals surface area contributed by atoms with Gasteiger partial charge in [-0.3, -0.25) is 52.8 Å². The number of phenols is 1. The van der Waals surface area contributed by atoms with Crippen LogP contribution >= 0.6 is 23.5 Å². The van der Waals surface area contributed by atoms with Gasteiger partial charge in [0.15, 0.2) is 0 Å². The van der Waals surface area contributed by atoms with E-state index in [1.807, 2.05) is 24.3 Å². The van der Waals surface area contributed by atoms with Crippen LogP contribution in [-0.2, 0) is 85.1 Å². The average Bonchev–Trinajstić information content (AvgIpc) is 1.64. The molecule has 1 unspecified atom stereocenters. The Bertz CT molecular complexity index is 4050. The molecule has 0 spiro atoms. The molecule has 2 aliphatic heterocycles. The van der Waals surface area contributed by atoms with E-state index < -0.39 is 145 Å². The van der Waals surface area contributed by atoms with E-state index in [9.17, 15) is 62.5 Å². The largest absolute Gasteiger partial charge is 0.508 e. The number of aliphatic carboxylic acids is 1. The lowest BCUT2D eigenvalue weighted by molar-refractivity contribution is -0.141. The number of H-pyrrole nitrogens is 3. The average molecular weight is 1420 g/mol. The molecule has 1 fully saturated rings. The van der Waals surface area contributed by atoms with Crippen LogP contribution in [0.3, 0.4) is 0 Å². The van der Waals surface area contributed by atoms with Crippen molar-refractivity contribution in [2.45, 2.75) is 137 Å². The Balaban J connectivity index is 1.05. The van der Waals surface area contributed by atoms with Crippen molar-refractivity contribution in [3.63, 3.8) is 0 Å². The molecule has 1 saturated heterocycles. The number of imidazole rings is 1. The van der Waals surface area contributed by atoms with Crippen molar-refractivity contribution in [1.29, 1.82) is 0 Å². The van der Waals surface area contributed by atoms with Gasteiger partial charge in [0.25, 0.3) is 0 Å². The number of nitrogens with zero attached hydrogens (tertiary/aromatic N) is 2. The van der Waals surface area contributed by atoms with Crippen molar-refractivity contribution in [3.8, 4) is 5.75 Å². The molecule has 0 aliphatic carbocycles. The third kappa shape index (κ3) is 21.1. The molecular weight excluding hydrogens is 1340 g/mol. The van der Waals surface area contributed by atoms with E-state index >= 15 is 9.59 Å². The number of unbranched alkanes of at least 4 members (excludes halogenated alkanes) is 1. The number of aromatic nitrogens is 4. The number of benzene rings is 4. The normalized spacial score (nSPS) is 23.0. The van der Waals surface area contributed by atoms with Crippen LogP contribution in [0.15, 0.2) is 110 Å². The van der Waals surface area contributed by atoms with E-state index in [0.29, 0.717) is 70.6 Å². The van der Waals surface area contributed by atoms with Crippen LogP contribution in [0.5, 0.6) is 5.75 Å². The summed E-state index contributed by atoms with van der Waals surface area (Å²) in [6.45, 7) is -0.304. The van der Waals surface area contributed by atoms with Crippen molar-refractivity contribution in [1.82, 2.24) is 67.4 Å². The fourth-order valence-corrected chi connectivity index (χ4v) is 13.9. The molecule has 9 amide bonds. The Labute approximate surface area is 581 Å². The predicted molar refractivity (Wildman–Crippen MR) is 368 cm³/mol. The maximum atomic E-state index is 15.0. The molecule has 0 radical (unpaired) electrons. The van der Waals surface area contributed by atoms with Crippen molar-refractivity contribution in [2.24, 2.45) is 11.5 Å². The number of thioether (sulfide) groups is 2. The number of carboxylic acids is 1. The fourth-order valence-electron chi connectivity index (χ4n) is 12.0. The third-order valence-corrected chi connectivity index (χ3v) is 19.3. The second kappa shape index (κ2) is 35.7. The van der Waals surface area contributed by atoms with Gasteiger partial charge in [-0.15, -0.1) is 0 Å². The number of rotatable bonds is 15. The minimum absolute atomic E-state index is 0.0152. The molecule has 2 bridgehead atoms. The van der Waals surface area contributed by atoms with E-state index in [1.165, 1.54) is 102 Å². The van der Waals surface area contributed by atoms with Crippen molar-refractivity contribution in [2.75, 3.05) is 31.1 Å². The van der Waals surface area contributed by atoms with Crippen LogP contribution in [0.2, 0.25) is 0 Å². The maximum absolute atomic E-state index is 15.0. The van der Waals surface area contributed by atoms with Crippen LogP contribution in [-0.4, -0.2) is 185 Å². The van der Waals surface area contributed by atoms with Crippen molar-refractivity contribution in [3.05, 3.63) is 155 Å². The van der Waals surface area contributed by atoms with Gasteiger partial charge in [0, 0.05) is 95.6 Å². The molecule has 28 nitrogen and oxygen atoms in total. The highest BCUT2D eigenvalue weighted by molar-refractivity contribution is 7.98. The Kier molecular flexibility index (Phi) is 26.6. The Hall–Kier alpha value is -9.89. The highest BCUT2D eigenvalue weighted by atomic mass is 32.2. The van der Waals surface area contributed by atoms with Gasteiger partial charge >= 0.3 is 5.97 Å². The summed E-state index contributed by atoms with van der Waals surface area (Å²) in [5, 5.41) is 54.6. The second-order valence-electron chi connectivity index (χ2n) is 24.6. The standard InChI is InChI=1S/C68H81F2N15O13S2/c69-42-11-15-48-46(25-42)40(29-74-48)23-51-63(93)80-52(24-41-30-75-49-16-12-43(70)26-47(41)49)64(94)82-54(28-60(89)90)66(96)81-53(27-44-31-73-36-77-44)65(95)83-55(22-37-9-13-45(86)14-10-37)68(98)85-19-4-8-57(85)67(97)84-56(61(72)91)35-100-34-39-6-3-5-38(21-39)33-99-20-17-58(87)78-50(7-1-2-18-71)62(92)76-32-59(88)79-51/h3,5-6,9-16,21,25-26,29-31,36,50-57,68,74-75,86,98H,1-2,4,7-8,17-20,22-24,27-28,32-35,71H2,(H2,72,91)(H,73,77)(H,76,92)(H,78,87)(H,79,88)(H,80,93)(H,81,96)(H,82,94)(H,83,95)(H,84,97)(H,89,90)/t50-,51-,52-,53-,54-,55-,56+,57-,68?/m0/s1. The first-order valence-electron chi connectivity index (χ1n) is 32.6. The van der Waals surface area contributed by atoms with Crippen LogP contribution < -0.4 is 54.0 Å². The van der Waals surface area contributed by atoms with Gasteiger partial charge in [-0.25, -0.2) is 13.8 Å². The number of aromatic hydroxyl groups is 1. The number of hydrogen-bond acceptors (Lipinski definition) is 17. The number of nitrogens with one attached hydrogen (secondary N) is 11. The first-order valence-corrected chi connectivity index (χ1v) is 34.9. The lowest BCUT2D eigenvalue weighted by Crippen LogP contribution is -2.62. The molecule has 7 aromatic rings. The third-order valence-electron chi connectivity index (χ3n) is 17.2. The minimum Gasteiger partial charge on any atom is -0.508 e. The van der Waals surface area contributed by atoms with Crippen molar-refractivity contribution >= 4 is 104 Å². The minimum atomic E-state index is -2.03. The van der Waals surface area contributed by atoms with Crippen LogP contribution in [0, 0.1) is 11.6 Å². The molecule has 3 aromatic heterocycles. The number of hydrogen-bond donors (Lipinski definition) is 16. The smallest absolute Gasteiger partial charge is 0.305 e. The van der Waals surface area contributed by atoms with Crippen LogP contribution in [0.4, 0.5) is 8.78 Å². The zero-order chi connectivity index (χ0) is 71.4. The second-order valence-corrected chi connectivity index (χ2v) is 26.7. The number of aliphatic hydroxyl groups excluding tert-OH is 1. The van der Waals surface area contributed by atoms with Crippen LogP contribution in [0.25, 0.3) is 21.8 Å². The quantitative estimate of drug-likeness (QED) is 0.0648. The van der Waals surface area contributed by atoms with Gasteiger partial charge in [0.1, 0.15) is 59.9 Å². The SMILES string of the molecule is NCCCC[C@@H]1NC(=O)CCSCc2cccc(c2)CSC[C@H](C(N)=O)NC(=O)[C@@H]2CCCN2C(O)[C@H](Cc2ccc(O)cc2)NC(=O)[C@H](Cc2c[nH]cn2)NC(=O)[C@H](CC(=O)O)NC(=O)[C@H](Cc2c[nH]c3ccc(F)cc23)NC(=O)[C@H](Cc2c[nH]c3ccc(F)cc23)NC(=O)CNC1=O. The van der Waals surface area contributed by atoms with Gasteiger partial charge in [-0.05, 0) is 121 Å². The zero-order valence-electron chi connectivity index (χ0n) is 54.4. The van der Waals surface area contributed by atoms with E-state index in [0.717, 1.165) is 11.1 Å². The summed E-state index contributed by atoms with van der Waals surface area (Å²) in [7, 11) is 0. The molecule has 5 heterocycles. The van der Waals surface area contributed by atoms with E-state index in [4.69, 9.17) is 11.5 Å². The molecule has 532 valence electrons. The number of carbonyl (C=O) groups is 10. The summed E-state index contributed by atoms with van der Waals surface area (Å²) < 4.78 is 29.8. The number of halogens is 2. The number of amides is 9. The Morgan fingerprint density at radius 2 is 1.24 bits per heavy atom. The van der Waals surface area contributed by atoms with Gasteiger partial charge < -0.3 is 84.3 Å². The summed E-state index contributed by atoms with van der Waals surface area (Å²) in [6.07, 6.45) is 3.24. The highest BCUT2D eigenvalue weighted by Gasteiger charge is 2.41. The molecule has 100 heavy (non-hydrogen) atoms. The van der Waals surface area contributed by atoms with E-state index in [1.54, 1.807) is 12.1 Å². The number of primary amides is 1. The van der Waals surface area contributed by atoms with Gasteiger partial charge in [0.05, 0.1) is 37.1 Å². The first kappa shape index (κ1) is 74.3. The lowest BCUT2D eigenvalue weighted by atomic mass is 10.0. The molecule has 4 aromatic carbocycles. The summed E-state index contributed by atoms with van der Waals surface area (Å²) in [5.41, 5.74) is 15.6. The molecule has 2 aliphatic rings. The van der Waals surface area contributed by atoms with Crippen molar-refractivity contribution < 1.29 is 72.0 Å². The van der Waals surface area contributed by atoms with E-state index in [2.05, 4.69) is 62.5 Å². The summed E-state index contributed by atoms with van der Waals surface area (Å²) >= 11 is 2.81. The molecular formula is C68H81F2N15O13S2. The predicted octanol–water partition coefficient (Wildman–Crippen LogP) is 1.58. The fraction of sp³-hybridized carbons (Fsp3) is 0.397. The summed E-state index contributed by atoms with van der Waals surface area (Å²) in [4.78, 5) is 156. The number of aromatic amines is 3. The van der Waals surface area contributed by atoms with E-state index in [-0.39, 0.29) is 73.2 Å². The molecule has 9 atom stereocenters. The number of fused-ring (bicyclic) bond motifs is 5. The van der Waals surface area contributed by atoms with Gasteiger partial charge in [-0.2, -0.15) is 23.5 Å². The number of carbonyl (C=O) groups excluding carboxylic acids is 9. The monoisotopic (exact) mass is 1420 g/mol. The highest BCUT2D eigenvalue weighted by Crippen LogP contribution is 2.27. The first-order chi connectivity index (χ1) is 48.1.